The summed E-state index contributed by atoms with van der Waals surface area (Å²) in [4.78, 5) is 0. The van der Waals surface area contributed by atoms with E-state index in [1.165, 1.54) is 51.4 Å². The Morgan fingerprint density at radius 1 is 1.12 bits per heavy atom. The van der Waals surface area contributed by atoms with Gasteiger partial charge in [-0.2, -0.15) is 0 Å². The molecule has 1 saturated heterocycles. The van der Waals surface area contributed by atoms with E-state index in [9.17, 15) is 0 Å². The van der Waals surface area contributed by atoms with Crippen molar-refractivity contribution in [2.75, 3.05) is 19.0 Å². The van der Waals surface area contributed by atoms with E-state index < -0.39 is 0 Å². The molecule has 0 aromatic heterocycles. The SMILES string of the molecule is ClCC1(NCC2CCCCO2)CCCCC1. The van der Waals surface area contributed by atoms with Gasteiger partial charge in [-0.05, 0) is 32.1 Å². The van der Waals surface area contributed by atoms with Crippen LogP contribution in [0.4, 0.5) is 0 Å². The molecule has 1 aliphatic heterocycles. The van der Waals surface area contributed by atoms with Gasteiger partial charge in [0.05, 0.1) is 6.10 Å². The van der Waals surface area contributed by atoms with E-state index in [1.54, 1.807) is 0 Å². The maximum atomic E-state index is 6.15. The zero-order valence-corrected chi connectivity index (χ0v) is 10.9. The lowest BCUT2D eigenvalue weighted by molar-refractivity contribution is 0.0111. The van der Waals surface area contributed by atoms with E-state index in [2.05, 4.69) is 5.32 Å². The zero-order chi connectivity index (χ0) is 11.3. The predicted octanol–water partition coefficient (Wildman–Crippen LogP) is 3.09. The van der Waals surface area contributed by atoms with E-state index in [0.717, 1.165) is 19.0 Å². The van der Waals surface area contributed by atoms with Crippen LogP contribution >= 0.6 is 11.6 Å². The van der Waals surface area contributed by atoms with Crippen LogP contribution in [-0.4, -0.2) is 30.7 Å². The number of alkyl halides is 1. The maximum absolute atomic E-state index is 6.15. The Morgan fingerprint density at radius 2 is 1.94 bits per heavy atom. The Hall–Kier alpha value is 0.210. The molecular weight excluding hydrogens is 222 g/mol. The van der Waals surface area contributed by atoms with Gasteiger partial charge in [-0.25, -0.2) is 0 Å². The van der Waals surface area contributed by atoms with E-state index in [1.807, 2.05) is 0 Å². The molecule has 94 valence electrons. The summed E-state index contributed by atoms with van der Waals surface area (Å²) in [6.45, 7) is 1.94. The molecule has 1 heterocycles. The van der Waals surface area contributed by atoms with Gasteiger partial charge in [0.25, 0.3) is 0 Å². The number of rotatable bonds is 4. The predicted molar refractivity (Wildman–Crippen MR) is 68.1 cm³/mol. The molecule has 2 aliphatic rings. The fourth-order valence-corrected chi connectivity index (χ4v) is 3.25. The number of halogens is 1. The lowest BCUT2D eigenvalue weighted by atomic mass is 9.83. The minimum Gasteiger partial charge on any atom is -0.377 e. The first kappa shape index (κ1) is 12.7. The molecule has 3 heteroatoms. The highest BCUT2D eigenvalue weighted by Gasteiger charge is 2.31. The number of nitrogens with one attached hydrogen (secondary N) is 1. The summed E-state index contributed by atoms with van der Waals surface area (Å²) in [5.41, 5.74) is 0.209. The fourth-order valence-electron chi connectivity index (χ4n) is 2.88. The molecule has 0 aromatic carbocycles. The Labute approximate surface area is 104 Å². The molecule has 1 atom stereocenters. The Balaban J connectivity index is 1.77. The van der Waals surface area contributed by atoms with Crippen molar-refractivity contribution >= 4 is 11.6 Å². The number of ether oxygens (including phenoxy) is 1. The third-order valence-corrected chi connectivity index (χ3v) is 4.56. The second kappa shape index (κ2) is 6.23. The summed E-state index contributed by atoms with van der Waals surface area (Å²) in [5.74, 6) is 0.750. The van der Waals surface area contributed by atoms with Crippen molar-refractivity contribution < 1.29 is 4.74 Å². The van der Waals surface area contributed by atoms with Crippen molar-refractivity contribution in [3.63, 3.8) is 0 Å². The normalized spacial score (nSPS) is 30.2. The first-order valence-electron chi connectivity index (χ1n) is 6.77. The first-order chi connectivity index (χ1) is 7.85. The fraction of sp³-hybridized carbons (Fsp3) is 1.00. The van der Waals surface area contributed by atoms with Crippen molar-refractivity contribution in [1.29, 1.82) is 0 Å². The molecule has 0 radical (unpaired) electrons. The van der Waals surface area contributed by atoms with E-state index in [4.69, 9.17) is 16.3 Å². The molecule has 2 rings (SSSR count). The van der Waals surface area contributed by atoms with Gasteiger partial charge in [-0.1, -0.05) is 19.3 Å². The first-order valence-corrected chi connectivity index (χ1v) is 7.31. The largest absolute Gasteiger partial charge is 0.377 e. The van der Waals surface area contributed by atoms with E-state index >= 15 is 0 Å². The quantitative estimate of drug-likeness (QED) is 0.769. The van der Waals surface area contributed by atoms with Gasteiger partial charge >= 0.3 is 0 Å². The van der Waals surface area contributed by atoms with Crippen molar-refractivity contribution in [3.05, 3.63) is 0 Å². The van der Waals surface area contributed by atoms with Crippen LogP contribution in [0.1, 0.15) is 51.4 Å². The summed E-state index contributed by atoms with van der Waals surface area (Å²) >= 11 is 6.15. The van der Waals surface area contributed by atoms with Gasteiger partial charge in [-0.15, -0.1) is 11.6 Å². The third kappa shape index (κ3) is 3.35. The second-order valence-electron chi connectivity index (χ2n) is 5.34. The molecule has 16 heavy (non-hydrogen) atoms. The second-order valence-corrected chi connectivity index (χ2v) is 5.61. The van der Waals surface area contributed by atoms with Crippen molar-refractivity contribution in [1.82, 2.24) is 5.32 Å². The van der Waals surface area contributed by atoms with Crippen LogP contribution in [0.25, 0.3) is 0 Å². The molecular formula is C13H24ClNO. The van der Waals surface area contributed by atoms with Crippen LogP contribution < -0.4 is 5.32 Å². The topological polar surface area (TPSA) is 21.3 Å². The molecule has 2 nitrogen and oxygen atoms in total. The van der Waals surface area contributed by atoms with E-state index in [-0.39, 0.29) is 5.54 Å². The van der Waals surface area contributed by atoms with Gasteiger partial charge < -0.3 is 10.1 Å². The standard InChI is InChI=1S/C13H24ClNO/c14-11-13(7-3-1-4-8-13)15-10-12-6-2-5-9-16-12/h12,15H,1-11H2. The Morgan fingerprint density at radius 3 is 2.56 bits per heavy atom. The van der Waals surface area contributed by atoms with Gasteiger partial charge in [0.2, 0.25) is 0 Å². The van der Waals surface area contributed by atoms with Gasteiger partial charge in [0.1, 0.15) is 0 Å². The highest BCUT2D eigenvalue weighted by molar-refractivity contribution is 6.18. The minimum atomic E-state index is 0.209. The Bertz CT molecular complexity index is 198. The number of hydrogen-bond donors (Lipinski definition) is 1. The van der Waals surface area contributed by atoms with Crippen LogP contribution in [0.15, 0.2) is 0 Å². The number of hydrogen-bond acceptors (Lipinski definition) is 2. The average Bonchev–Trinajstić information content (AvgIpc) is 2.39. The molecule has 0 bridgehead atoms. The Kier molecular flexibility index (Phi) is 4.93. The monoisotopic (exact) mass is 245 g/mol. The summed E-state index contributed by atoms with van der Waals surface area (Å²) in [6.07, 6.45) is 10.7. The molecule has 0 aromatic rings. The minimum absolute atomic E-state index is 0.209. The van der Waals surface area contributed by atoms with Crippen molar-refractivity contribution in [3.8, 4) is 0 Å². The zero-order valence-electron chi connectivity index (χ0n) is 10.1. The molecule has 0 amide bonds. The maximum Gasteiger partial charge on any atom is 0.0699 e. The summed E-state index contributed by atoms with van der Waals surface area (Å²) < 4.78 is 5.75. The highest BCUT2D eigenvalue weighted by Crippen LogP contribution is 2.29. The van der Waals surface area contributed by atoms with Crippen LogP contribution in [0.3, 0.4) is 0 Å². The van der Waals surface area contributed by atoms with Crippen LogP contribution in [0.2, 0.25) is 0 Å². The summed E-state index contributed by atoms with van der Waals surface area (Å²) in [7, 11) is 0. The molecule has 1 unspecified atom stereocenters. The van der Waals surface area contributed by atoms with Crippen LogP contribution in [-0.2, 0) is 4.74 Å². The van der Waals surface area contributed by atoms with Gasteiger partial charge in [0.15, 0.2) is 0 Å². The van der Waals surface area contributed by atoms with Crippen LogP contribution in [0, 0.1) is 0 Å². The molecule has 1 aliphatic carbocycles. The third-order valence-electron chi connectivity index (χ3n) is 4.05. The van der Waals surface area contributed by atoms with Crippen molar-refractivity contribution in [2.45, 2.75) is 63.0 Å². The summed E-state index contributed by atoms with van der Waals surface area (Å²) in [5, 5.41) is 3.70. The lowest BCUT2D eigenvalue weighted by Gasteiger charge is -2.38. The smallest absolute Gasteiger partial charge is 0.0699 e. The van der Waals surface area contributed by atoms with Crippen molar-refractivity contribution in [2.24, 2.45) is 0 Å². The molecule has 1 N–H and O–H groups in total. The van der Waals surface area contributed by atoms with Crippen LogP contribution in [0.5, 0.6) is 0 Å². The molecule has 2 fully saturated rings. The lowest BCUT2D eigenvalue weighted by Crippen LogP contribution is -2.51. The molecule has 1 saturated carbocycles. The molecule has 0 spiro atoms. The summed E-state index contributed by atoms with van der Waals surface area (Å²) in [6, 6.07) is 0. The van der Waals surface area contributed by atoms with Gasteiger partial charge in [-0.3, -0.25) is 0 Å². The van der Waals surface area contributed by atoms with E-state index in [0.29, 0.717) is 6.10 Å². The van der Waals surface area contributed by atoms with Gasteiger partial charge in [0, 0.05) is 24.6 Å². The highest BCUT2D eigenvalue weighted by atomic mass is 35.5. The average molecular weight is 246 g/mol.